The van der Waals surface area contributed by atoms with Crippen LogP contribution >= 0.6 is 39.1 Å². The first-order valence-corrected chi connectivity index (χ1v) is 6.11. The van der Waals surface area contributed by atoms with E-state index in [4.69, 9.17) is 23.2 Å². The molecule has 1 heterocycles. The summed E-state index contributed by atoms with van der Waals surface area (Å²) in [6.45, 7) is 0. The Hall–Kier alpha value is -0.720. The number of aromatic amines is 1. The van der Waals surface area contributed by atoms with Gasteiger partial charge in [-0.3, -0.25) is 0 Å². The molecule has 1 aromatic heterocycles. The highest BCUT2D eigenvalue weighted by Crippen LogP contribution is 2.39. The van der Waals surface area contributed by atoms with Crippen molar-refractivity contribution in [2.75, 3.05) is 0 Å². The predicted molar refractivity (Wildman–Crippen MR) is 66.7 cm³/mol. The maximum atomic E-state index is 12.5. The van der Waals surface area contributed by atoms with Crippen molar-refractivity contribution in [2.45, 2.75) is 6.18 Å². The van der Waals surface area contributed by atoms with E-state index in [2.05, 4.69) is 25.9 Å². The molecule has 18 heavy (non-hydrogen) atoms. The summed E-state index contributed by atoms with van der Waals surface area (Å²) in [7, 11) is 0. The van der Waals surface area contributed by atoms with E-state index in [1.165, 1.54) is 6.20 Å². The van der Waals surface area contributed by atoms with Gasteiger partial charge in [0.15, 0.2) is 0 Å². The van der Waals surface area contributed by atoms with E-state index in [0.717, 1.165) is 12.1 Å². The molecule has 0 spiro atoms. The van der Waals surface area contributed by atoms with E-state index in [9.17, 15) is 13.2 Å². The molecule has 96 valence electrons. The highest BCUT2D eigenvalue weighted by Gasteiger charge is 2.32. The number of halogens is 6. The molecule has 0 saturated heterocycles. The number of rotatable bonds is 1. The van der Waals surface area contributed by atoms with Crippen LogP contribution in [-0.4, -0.2) is 9.97 Å². The Bertz CT molecular complexity index is 572. The standard InChI is InChI=1S/C10H4BrCl2F3N2/c11-7-3-17-9(18-7)8-5(12)1-4(2-6(8)13)10(14,15)16/h1-3H,(H,17,18). The largest absolute Gasteiger partial charge is 0.416 e. The van der Waals surface area contributed by atoms with E-state index < -0.39 is 11.7 Å². The Kier molecular flexibility index (Phi) is 3.62. The van der Waals surface area contributed by atoms with Crippen molar-refractivity contribution in [1.82, 2.24) is 9.97 Å². The zero-order chi connectivity index (χ0) is 13.5. The molecule has 8 heteroatoms. The molecule has 1 N–H and O–H groups in total. The highest BCUT2D eigenvalue weighted by molar-refractivity contribution is 9.10. The van der Waals surface area contributed by atoms with Gasteiger partial charge in [-0.1, -0.05) is 23.2 Å². The van der Waals surface area contributed by atoms with E-state index in [-0.39, 0.29) is 15.6 Å². The third-order valence-corrected chi connectivity index (χ3v) is 3.15. The minimum atomic E-state index is -4.49. The van der Waals surface area contributed by atoms with E-state index >= 15 is 0 Å². The summed E-state index contributed by atoms with van der Waals surface area (Å²) >= 11 is 14.8. The molecule has 0 aliphatic rings. The molecule has 0 fully saturated rings. The number of benzene rings is 1. The molecule has 0 aliphatic carbocycles. The first-order valence-electron chi connectivity index (χ1n) is 4.56. The van der Waals surface area contributed by atoms with Crippen molar-refractivity contribution in [2.24, 2.45) is 0 Å². The van der Waals surface area contributed by atoms with E-state index in [1.54, 1.807) is 0 Å². The van der Waals surface area contributed by atoms with Gasteiger partial charge in [0, 0.05) is 0 Å². The Morgan fingerprint density at radius 1 is 1.17 bits per heavy atom. The number of hydrogen-bond acceptors (Lipinski definition) is 1. The van der Waals surface area contributed by atoms with Crippen molar-refractivity contribution >= 4 is 39.1 Å². The number of hydrogen-bond donors (Lipinski definition) is 1. The maximum Gasteiger partial charge on any atom is 0.416 e. The number of alkyl halides is 3. The van der Waals surface area contributed by atoms with Gasteiger partial charge in [-0.2, -0.15) is 13.2 Å². The molecular weight excluding hydrogens is 356 g/mol. The average molecular weight is 360 g/mol. The number of H-pyrrole nitrogens is 1. The second-order valence-corrected chi connectivity index (χ2v) is 5.06. The summed E-state index contributed by atoms with van der Waals surface area (Å²) in [6.07, 6.45) is -3.03. The average Bonchev–Trinajstić information content (AvgIpc) is 2.62. The van der Waals surface area contributed by atoms with Crippen LogP contribution in [0, 0.1) is 0 Å². The summed E-state index contributed by atoms with van der Waals surface area (Å²) in [5.74, 6) is 0.297. The quantitative estimate of drug-likeness (QED) is 0.748. The lowest BCUT2D eigenvalue weighted by molar-refractivity contribution is -0.137. The summed E-state index contributed by atoms with van der Waals surface area (Å²) < 4.78 is 38.2. The van der Waals surface area contributed by atoms with Crippen LogP contribution in [0.2, 0.25) is 10.0 Å². The van der Waals surface area contributed by atoms with Gasteiger partial charge >= 0.3 is 6.18 Å². The van der Waals surface area contributed by atoms with Gasteiger partial charge in [-0.15, -0.1) is 0 Å². The molecule has 0 aliphatic heterocycles. The van der Waals surface area contributed by atoms with Crippen molar-refractivity contribution in [3.05, 3.63) is 38.5 Å². The van der Waals surface area contributed by atoms with Gasteiger partial charge in [0.2, 0.25) is 0 Å². The van der Waals surface area contributed by atoms with Crippen LogP contribution in [0.5, 0.6) is 0 Å². The first kappa shape index (κ1) is 13.7. The van der Waals surface area contributed by atoms with Gasteiger partial charge in [-0.25, -0.2) is 4.98 Å². The fourth-order valence-electron chi connectivity index (χ4n) is 1.39. The molecule has 1 aromatic carbocycles. The van der Waals surface area contributed by atoms with Crippen LogP contribution in [-0.2, 0) is 6.18 Å². The lowest BCUT2D eigenvalue weighted by atomic mass is 10.1. The normalized spacial score (nSPS) is 11.9. The van der Waals surface area contributed by atoms with E-state index in [1.807, 2.05) is 0 Å². The number of nitrogens with zero attached hydrogens (tertiary/aromatic N) is 1. The second kappa shape index (κ2) is 4.75. The Morgan fingerprint density at radius 2 is 1.72 bits per heavy atom. The van der Waals surface area contributed by atoms with Crippen LogP contribution in [0.4, 0.5) is 13.2 Å². The third kappa shape index (κ3) is 2.65. The summed E-state index contributed by atoms with van der Waals surface area (Å²) in [6, 6.07) is 1.64. The fraction of sp³-hybridized carbons (Fsp3) is 0.100. The van der Waals surface area contributed by atoms with E-state index in [0.29, 0.717) is 10.4 Å². The number of nitrogens with one attached hydrogen (secondary N) is 1. The molecule has 0 atom stereocenters. The highest BCUT2D eigenvalue weighted by atomic mass is 79.9. The zero-order valence-electron chi connectivity index (χ0n) is 8.45. The topological polar surface area (TPSA) is 28.7 Å². The third-order valence-electron chi connectivity index (χ3n) is 2.15. The summed E-state index contributed by atoms with van der Waals surface area (Å²) in [5, 5.41) is -0.228. The van der Waals surface area contributed by atoms with Crippen molar-refractivity contribution in [3.8, 4) is 11.4 Å². The minimum Gasteiger partial charge on any atom is -0.333 e. The lowest BCUT2D eigenvalue weighted by Crippen LogP contribution is -2.05. The van der Waals surface area contributed by atoms with Crippen molar-refractivity contribution in [3.63, 3.8) is 0 Å². The molecular formula is C10H4BrCl2F3N2. The summed E-state index contributed by atoms with van der Waals surface area (Å²) in [4.78, 5) is 6.73. The lowest BCUT2D eigenvalue weighted by Gasteiger charge is -2.10. The SMILES string of the molecule is FC(F)(F)c1cc(Cl)c(-c2ncc(Br)[nH]2)c(Cl)c1. The zero-order valence-corrected chi connectivity index (χ0v) is 11.5. The Labute approximate surface area is 118 Å². The maximum absolute atomic E-state index is 12.5. The number of aromatic nitrogens is 2. The fourth-order valence-corrected chi connectivity index (χ4v) is 2.35. The molecule has 2 aromatic rings. The molecule has 2 nitrogen and oxygen atoms in total. The van der Waals surface area contributed by atoms with Gasteiger partial charge in [0.1, 0.15) is 10.4 Å². The van der Waals surface area contributed by atoms with Crippen LogP contribution < -0.4 is 0 Å². The Balaban J connectivity index is 2.58. The smallest absolute Gasteiger partial charge is 0.333 e. The molecule has 0 saturated carbocycles. The van der Waals surface area contributed by atoms with Gasteiger partial charge in [0.05, 0.1) is 27.4 Å². The van der Waals surface area contributed by atoms with Crippen LogP contribution in [0.25, 0.3) is 11.4 Å². The molecule has 2 rings (SSSR count). The molecule has 0 radical (unpaired) electrons. The van der Waals surface area contributed by atoms with Crippen LogP contribution in [0.1, 0.15) is 5.56 Å². The van der Waals surface area contributed by atoms with Crippen LogP contribution in [0.3, 0.4) is 0 Å². The van der Waals surface area contributed by atoms with Crippen molar-refractivity contribution < 1.29 is 13.2 Å². The Morgan fingerprint density at radius 3 is 2.11 bits per heavy atom. The monoisotopic (exact) mass is 358 g/mol. The van der Waals surface area contributed by atoms with Gasteiger partial charge in [-0.05, 0) is 28.1 Å². The van der Waals surface area contributed by atoms with Crippen molar-refractivity contribution in [1.29, 1.82) is 0 Å². The first-order chi connectivity index (χ1) is 8.29. The van der Waals surface area contributed by atoms with Gasteiger partial charge < -0.3 is 4.98 Å². The molecule has 0 amide bonds. The van der Waals surface area contributed by atoms with Gasteiger partial charge in [0.25, 0.3) is 0 Å². The second-order valence-electron chi connectivity index (χ2n) is 3.39. The molecule has 0 bridgehead atoms. The predicted octanol–water partition coefficient (Wildman–Crippen LogP) is 5.16. The minimum absolute atomic E-state index is 0.114. The summed E-state index contributed by atoms with van der Waals surface area (Å²) in [5.41, 5.74) is -0.663. The molecule has 0 unspecified atom stereocenters. The number of imidazole rings is 1. The van der Waals surface area contributed by atoms with Crippen LogP contribution in [0.15, 0.2) is 22.9 Å².